The van der Waals surface area contributed by atoms with E-state index >= 15 is 0 Å². The molecule has 0 spiro atoms. The minimum atomic E-state index is 0.935. The topological polar surface area (TPSA) is 28.7 Å². The van der Waals surface area contributed by atoms with Gasteiger partial charge in [0.1, 0.15) is 5.65 Å². The third-order valence-electron chi connectivity index (χ3n) is 2.98. The van der Waals surface area contributed by atoms with Gasteiger partial charge in [0.05, 0.1) is 0 Å². The first-order chi connectivity index (χ1) is 8.70. The van der Waals surface area contributed by atoms with Gasteiger partial charge in [0.15, 0.2) is 0 Å². The summed E-state index contributed by atoms with van der Waals surface area (Å²) < 4.78 is 1.27. The van der Waals surface area contributed by atoms with Crippen LogP contribution in [0, 0.1) is 10.5 Å². The molecule has 2 aromatic heterocycles. The van der Waals surface area contributed by atoms with Crippen molar-refractivity contribution < 1.29 is 0 Å². The third-order valence-corrected chi connectivity index (χ3v) is 3.70. The van der Waals surface area contributed by atoms with E-state index in [0.29, 0.717) is 0 Å². The van der Waals surface area contributed by atoms with E-state index in [0.717, 1.165) is 17.8 Å². The second-order valence-electron chi connectivity index (χ2n) is 4.54. The molecule has 0 radical (unpaired) electrons. The number of pyridine rings is 1. The molecule has 1 N–H and O–H groups in total. The van der Waals surface area contributed by atoms with Crippen LogP contribution in [-0.4, -0.2) is 9.97 Å². The van der Waals surface area contributed by atoms with Crippen LogP contribution >= 0.6 is 22.6 Å². The van der Waals surface area contributed by atoms with Gasteiger partial charge >= 0.3 is 0 Å². The molecule has 0 atom stereocenters. The molecule has 90 valence electrons. The molecule has 0 saturated heterocycles. The van der Waals surface area contributed by atoms with Crippen LogP contribution in [0.1, 0.15) is 16.8 Å². The summed E-state index contributed by atoms with van der Waals surface area (Å²) in [5, 5.41) is 1.19. The molecular formula is C15H13IN2. The fraction of sp³-hybridized carbons (Fsp3) is 0.133. The first kappa shape index (κ1) is 11.7. The zero-order valence-corrected chi connectivity index (χ0v) is 12.2. The number of halogens is 1. The summed E-state index contributed by atoms with van der Waals surface area (Å²) in [4.78, 5) is 7.70. The molecule has 0 unspecified atom stereocenters. The Balaban J connectivity index is 1.92. The second-order valence-corrected chi connectivity index (χ2v) is 5.78. The number of aromatic nitrogens is 2. The summed E-state index contributed by atoms with van der Waals surface area (Å²) >= 11 is 2.33. The fourth-order valence-corrected chi connectivity index (χ4v) is 2.49. The molecule has 0 aliphatic rings. The molecule has 3 heteroatoms. The van der Waals surface area contributed by atoms with Crippen molar-refractivity contribution >= 4 is 33.6 Å². The number of nitrogens with zero attached hydrogens (tertiary/aromatic N) is 1. The Morgan fingerprint density at radius 1 is 1.11 bits per heavy atom. The molecule has 1 aromatic carbocycles. The number of rotatable bonds is 2. The summed E-state index contributed by atoms with van der Waals surface area (Å²) in [6, 6.07) is 13.0. The van der Waals surface area contributed by atoms with E-state index in [1.54, 1.807) is 0 Å². The number of aromatic amines is 1. The highest BCUT2D eigenvalue weighted by atomic mass is 127. The highest BCUT2D eigenvalue weighted by molar-refractivity contribution is 14.1. The third kappa shape index (κ3) is 2.41. The van der Waals surface area contributed by atoms with Crippen molar-refractivity contribution in [3.8, 4) is 0 Å². The average molecular weight is 348 g/mol. The lowest BCUT2D eigenvalue weighted by Crippen LogP contribution is -1.89. The van der Waals surface area contributed by atoms with Gasteiger partial charge < -0.3 is 4.98 Å². The number of hydrogen-bond acceptors (Lipinski definition) is 1. The molecule has 0 aliphatic carbocycles. The molecule has 18 heavy (non-hydrogen) atoms. The molecular weight excluding hydrogens is 335 g/mol. The van der Waals surface area contributed by atoms with Gasteiger partial charge in [0, 0.05) is 20.8 Å². The Hall–Kier alpha value is -1.36. The Morgan fingerprint density at radius 3 is 2.67 bits per heavy atom. The maximum atomic E-state index is 4.46. The second kappa shape index (κ2) is 4.72. The first-order valence-electron chi connectivity index (χ1n) is 5.89. The monoisotopic (exact) mass is 348 g/mol. The molecule has 0 bridgehead atoms. The highest BCUT2D eigenvalue weighted by Crippen LogP contribution is 2.17. The lowest BCUT2D eigenvalue weighted by Gasteiger charge is -2.02. The molecule has 0 saturated carbocycles. The number of fused-ring (bicyclic) bond motifs is 1. The summed E-state index contributed by atoms with van der Waals surface area (Å²) in [6.45, 7) is 2.06. The lowest BCUT2D eigenvalue weighted by atomic mass is 10.1. The molecule has 0 aliphatic heterocycles. The van der Waals surface area contributed by atoms with Crippen molar-refractivity contribution in [1.82, 2.24) is 9.97 Å². The van der Waals surface area contributed by atoms with Gasteiger partial charge in [0.2, 0.25) is 0 Å². The van der Waals surface area contributed by atoms with Gasteiger partial charge in [-0.3, -0.25) is 0 Å². The number of benzene rings is 1. The number of nitrogens with one attached hydrogen (secondary N) is 1. The Kier molecular flexibility index (Phi) is 3.07. The van der Waals surface area contributed by atoms with E-state index in [2.05, 4.69) is 75.9 Å². The Morgan fingerprint density at radius 2 is 1.89 bits per heavy atom. The van der Waals surface area contributed by atoms with Crippen LogP contribution in [0.2, 0.25) is 0 Å². The summed E-state index contributed by atoms with van der Waals surface area (Å²) in [5.41, 5.74) is 4.70. The van der Waals surface area contributed by atoms with E-state index in [1.807, 2.05) is 6.20 Å². The Bertz CT molecular complexity index is 683. The van der Waals surface area contributed by atoms with Crippen LogP contribution in [-0.2, 0) is 6.42 Å². The maximum absolute atomic E-state index is 4.46. The molecule has 2 nitrogen and oxygen atoms in total. The van der Waals surface area contributed by atoms with E-state index in [-0.39, 0.29) is 0 Å². The van der Waals surface area contributed by atoms with Gasteiger partial charge in [-0.2, -0.15) is 0 Å². The SMILES string of the molecule is Cc1cc2cc(Cc3ccc(I)cc3)cnc2[nH]1. The Labute approximate surface area is 120 Å². The minimum Gasteiger partial charge on any atom is -0.344 e. The van der Waals surface area contributed by atoms with E-state index < -0.39 is 0 Å². The zero-order valence-electron chi connectivity index (χ0n) is 10.1. The van der Waals surface area contributed by atoms with Gasteiger partial charge in [-0.25, -0.2) is 4.98 Å². The van der Waals surface area contributed by atoms with Crippen molar-refractivity contribution in [2.75, 3.05) is 0 Å². The standard InChI is InChI=1S/C15H13IN2/c1-10-6-13-8-12(9-17-15(13)18-10)7-11-2-4-14(16)5-3-11/h2-6,8-9H,7H2,1H3,(H,17,18). The number of H-pyrrole nitrogens is 1. The number of aryl methyl sites for hydroxylation is 1. The summed E-state index contributed by atoms with van der Waals surface area (Å²) in [5.74, 6) is 0. The van der Waals surface area contributed by atoms with Crippen LogP contribution in [0.25, 0.3) is 11.0 Å². The van der Waals surface area contributed by atoms with Gasteiger partial charge in [-0.05, 0) is 71.3 Å². The normalized spacial score (nSPS) is 11.0. The van der Waals surface area contributed by atoms with Crippen molar-refractivity contribution in [1.29, 1.82) is 0 Å². The van der Waals surface area contributed by atoms with Gasteiger partial charge in [0.25, 0.3) is 0 Å². The molecule has 0 fully saturated rings. The van der Waals surface area contributed by atoms with E-state index in [4.69, 9.17) is 0 Å². The van der Waals surface area contributed by atoms with Crippen LogP contribution < -0.4 is 0 Å². The highest BCUT2D eigenvalue weighted by Gasteiger charge is 2.02. The average Bonchev–Trinajstić information content (AvgIpc) is 2.71. The minimum absolute atomic E-state index is 0.935. The largest absolute Gasteiger partial charge is 0.344 e. The maximum Gasteiger partial charge on any atom is 0.137 e. The van der Waals surface area contributed by atoms with Crippen LogP contribution in [0.5, 0.6) is 0 Å². The fourth-order valence-electron chi connectivity index (χ4n) is 2.13. The molecule has 2 heterocycles. The summed E-state index contributed by atoms with van der Waals surface area (Å²) in [7, 11) is 0. The lowest BCUT2D eigenvalue weighted by molar-refractivity contribution is 1.15. The number of hydrogen-bond donors (Lipinski definition) is 1. The zero-order chi connectivity index (χ0) is 12.5. The van der Waals surface area contributed by atoms with Crippen molar-refractivity contribution in [2.24, 2.45) is 0 Å². The van der Waals surface area contributed by atoms with Gasteiger partial charge in [-0.1, -0.05) is 12.1 Å². The first-order valence-corrected chi connectivity index (χ1v) is 6.97. The molecule has 3 rings (SSSR count). The van der Waals surface area contributed by atoms with Crippen LogP contribution in [0.4, 0.5) is 0 Å². The summed E-state index contributed by atoms with van der Waals surface area (Å²) in [6.07, 6.45) is 2.89. The predicted octanol–water partition coefficient (Wildman–Crippen LogP) is 4.07. The molecule has 0 amide bonds. The quantitative estimate of drug-likeness (QED) is 0.695. The van der Waals surface area contributed by atoms with Crippen LogP contribution in [0.15, 0.2) is 42.6 Å². The van der Waals surface area contributed by atoms with Crippen LogP contribution in [0.3, 0.4) is 0 Å². The van der Waals surface area contributed by atoms with Gasteiger partial charge in [-0.15, -0.1) is 0 Å². The van der Waals surface area contributed by atoms with E-state index in [1.165, 1.54) is 20.1 Å². The van der Waals surface area contributed by atoms with Crippen molar-refractivity contribution in [2.45, 2.75) is 13.3 Å². The molecule has 3 aromatic rings. The van der Waals surface area contributed by atoms with E-state index in [9.17, 15) is 0 Å². The smallest absolute Gasteiger partial charge is 0.137 e. The van der Waals surface area contributed by atoms with Crippen molar-refractivity contribution in [3.05, 3.63) is 63.0 Å². The predicted molar refractivity (Wildman–Crippen MR) is 82.8 cm³/mol. The van der Waals surface area contributed by atoms with Crippen molar-refractivity contribution in [3.63, 3.8) is 0 Å².